The Morgan fingerprint density at radius 2 is 1.59 bits per heavy atom. The first-order valence-electron chi connectivity index (χ1n) is 10.1. The summed E-state index contributed by atoms with van der Waals surface area (Å²) in [5.74, 6) is 0.654. The minimum Gasteiger partial charge on any atom is -0.353 e. The Morgan fingerprint density at radius 3 is 2.07 bits per heavy atom. The maximum Gasteiger partial charge on any atom is 0.243 e. The lowest BCUT2D eigenvalue weighted by Crippen LogP contribution is -2.49. The Kier molecular flexibility index (Phi) is 26.1. The van der Waals surface area contributed by atoms with E-state index in [1.165, 1.54) is 11.8 Å². The van der Waals surface area contributed by atoms with Crippen LogP contribution in [0.3, 0.4) is 0 Å². The molecule has 2 N–H and O–H groups in total. The number of hydrogen-bond acceptors (Lipinski definition) is 5. The Bertz CT molecular complexity index is 379. The summed E-state index contributed by atoms with van der Waals surface area (Å²) in [7, 11) is 3.40. The van der Waals surface area contributed by atoms with Gasteiger partial charge >= 0.3 is 0 Å². The molecule has 0 saturated carbocycles. The number of ketones is 1. The lowest BCUT2D eigenvalue weighted by Gasteiger charge is -2.26. The van der Waals surface area contributed by atoms with E-state index in [0.717, 1.165) is 25.0 Å². The van der Waals surface area contributed by atoms with Crippen molar-refractivity contribution in [3.8, 4) is 0 Å². The number of nitrogens with zero attached hydrogens (tertiary/aromatic N) is 1. The molecule has 162 valence electrons. The Morgan fingerprint density at radius 1 is 1.00 bits per heavy atom. The van der Waals surface area contributed by atoms with Crippen molar-refractivity contribution < 1.29 is 14.4 Å². The van der Waals surface area contributed by atoms with E-state index in [2.05, 4.69) is 16.9 Å². The Labute approximate surface area is 171 Å². The molecule has 0 rings (SSSR count). The molecule has 1 atom stereocenters. The van der Waals surface area contributed by atoms with Crippen LogP contribution in [0, 0.1) is 0 Å². The lowest BCUT2D eigenvalue weighted by atomic mass is 10.1. The lowest BCUT2D eigenvalue weighted by molar-refractivity contribution is -0.140. The number of nitrogens with one attached hydrogen (secondary N) is 2. The van der Waals surface area contributed by atoms with E-state index in [1.54, 1.807) is 25.9 Å². The van der Waals surface area contributed by atoms with Crippen molar-refractivity contribution in [2.45, 2.75) is 72.8 Å². The minimum absolute atomic E-state index is 0.0557. The quantitative estimate of drug-likeness (QED) is 0.460. The zero-order valence-electron chi connectivity index (χ0n) is 18.8. The summed E-state index contributed by atoms with van der Waals surface area (Å²) in [6.07, 6.45) is 5.46. The third-order valence-corrected chi connectivity index (χ3v) is 4.25. The number of carbonyl (C=O) groups is 3. The molecule has 0 aliphatic carbocycles. The van der Waals surface area contributed by atoms with Crippen LogP contribution in [0.4, 0.5) is 0 Å². The summed E-state index contributed by atoms with van der Waals surface area (Å²) in [6, 6.07) is -0.719. The van der Waals surface area contributed by atoms with Crippen molar-refractivity contribution >= 4 is 29.4 Å². The Balaban J connectivity index is -0.00000134. The van der Waals surface area contributed by atoms with Gasteiger partial charge in [-0.1, -0.05) is 34.1 Å². The van der Waals surface area contributed by atoms with Gasteiger partial charge in [0.25, 0.3) is 0 Å². The molecular weight excluding hydrogens is 362 g/mol. The third kappa shape index (κ3) is 18.1. The summed E-state index contributed by atoms with van der Waals surface area (Å²) in [4.78, 5) is 37.3. The van der Waals surface area contributed by atoms with Crippen molar-refractivity contribution in [3.05, 3.63) is 0 Å². The fourth-order valence-electron chi connectivity index (χ4n) is 2.16. The van der Waals surface area contributed by atoms with Gasteiger partial charge in [0.1, 0.15) is 11.8 Å². The average Bonchev–Trinajstić information content (AvgIpc) is 2.68. The number of carbonyl (C=O) groups excluding carboxylic acids is 3. The third-order valence-electron chi connectivity index (χ3n) is 3.56. The smallest absolute Gasteiger partial charge is 0.243 e. The summed E-state index contributed by atoms with van der Waals surface area (Å²) in [5, 5.41) is 5.69. The zero-order chi connectivity index (χ0) is 21.7. The van der Waals surface area contributed by atoms with Crippen LogP contribution in [-0.4, -0.2) is 67.7 Å². The van der Waals surface area contributed by atoms with Gasteiger partial charge in [-0.2, -0.15) is 11.8 Å². The van der Waals surface area contributed by atoms with Gasteiger partial charge in [0, 0.05) is 33.0 Å². The SMILES string of the molecule is CC.CC.CNCCNC(=O)C(CC(C)=O)N(C)C(=O)CCCCCSC. The van der Waals surface area contributed by atoms with Crippen LogP contribution in [-0.2, 0) is 14.4 Å². The van der Waals surface area contributed by atoms with Crippen LogP contribution in [0.15, 0.2) is 0 Å². The maximum atomic E-state index is 12.3. The fourth-order valence-corrected chi connectivity index (χ4v) is 2.65. The number of amides is 2. The van der Waals surface area contributed by atoms with Gasteiger partial charge in [-0.3, -0.25) is 14.4 Å². The number of rotatable bonds is 13. The molecule has 0 heterocycles. The molecule has 6 nitrogen and oxygen atoms in total. The van der Waals surface area contributed by atoms with Gasteiger partial charge in [0.2, 0.25) is 11.8 Å². The Hall–Kier alpha value is -1.08. The second-order valence-electron chi connectivity index (χ2n) is 5.62. The summed E-state index contributed by atoms with van der Waals surface area (Å²) < 4.78 is 0. The van der Waals surface area contributed by atoms with Gasteiger partial charge in [-0.15, -0.1) is 0 Å². The monoisotopic (exact) mass is 405 g/mol. The number of hydrogen-bond donors (Lipinski definition) is 2. The van der Waals surface area contributed by atoms with Crippen molar-refractivity contribution in [2.24, 2.45) is 0 Å². The second kappa shape index (κ2) is 23.0. The van der Waals surface area contributed by atoms with E-state index in [4.69, 9.17) is 0 Å². The number of Topliss-reactive ketones (excluding diaryl/α,β-unsaturated/α-hetero) is 1. The highest BCUT2D eigenvalue weighted by atomic mass is 32.2. The molecule has 7 heteroatoms. The van der Waals surface area contributed by atoms with Crippen LogP contribution < -0.4 is 10.6 Å². The number of unbranched alkanes of at least 4 members (excludes halogenated alkanes) is 2. The number of likely N-dealkylation sites (N-methyl/N-ethyl adjacent to an activating group) is 2. The van der Waals surface area contributed by atoms with E-state index in [9.17, 15) is 14.4 Å². The van der Waals surface area contributed by atoms with E-state index >= 15 is 0 Å². The fraction of sp³-hybridized carbons (Fsp3) is 0.850. The van der Waals surface area contributed by atoms with Crippen LogP contribution in [0.2, 0.25) is 0 Å². The van der Waals surface area contributed by atoms with Crippen molar-refractivity contribution in [3.63, 3.8) is 0 Å². The molecule has 0 aliphatic heterocycles. The predicted octanol–water partition coefficient (Wildman–Crippen LogP) is 3.10. The molecule has 2 amide bonds. The standard InChI is InChI=1S/C16H31N3O3S.2C2H6/c1-13(20)12-14(16(22)18-10-9-17-2)19(3)15(21)8-6-5-7-11-23-4;2*1-2/h14,17H,5-12H2,1-4H3,(H,18,22);2*1-2H3. The molecule has 0 aromatic rings. The van der Waals surface area contributed by atoms with Gasteiger partial charge in [-0.05, 0) is 38.8 Å². The summed E-state index contributed by atoms with van der Waals surface area (Å²) in [5.41, 5.74) is 0. The predicted molar refractivity (Wildman–Crippen MR) is 118 cm³/mol. The molecule has 0 spiro atoms. The maximum absolute atomic E-state index is 12.3. The summed E-state index contributed by atoms with van der Waals surface area (Å²) in [6.45, 7) is 10.6. The zero-order valence-corrected chi connectivity index (χ0v) is 19.6. The molecule has 27 heavy (non-hydrogen) atoms. The highest BCUT2D eigenvalue weighted by Gasteiger charge is 2.27. The summed E-state index contributed by atoms with van der Waals surface area (Å²) >= 11 is 1.80. The number of thioether (sulfide) groups is 1. The van der Waals surface area contributed by atoms with Crippen LogP contribution in [0.5, 0.6) is 0 Å². The molecule has 1 unspecified atom stereocenters. The van der Waals surface area contributed by atoms with Gasteiger partial charge in [-0.25, -0.2) is 0 Å². The van der Waals surface area contributed by atoms with Gasteiger partial charge < -0.3 is 15.5 Å². The highest BCUT2D eigenvalue weighted by molar-refractivity contribution is 7.98. The molecule has 0 aliphatic rings. The van der Waals surface area contributed by atoms with E-state index in [0.29, 0.717) is 19.5 Å². The first kappa shape index (κ1) is 30.6. The van der Waals surface area contributed by atoms with E-state index in [-0.39, 0.29) is 24.0 Å². The second-order valence-corrected chi connectivity index (χ2v) is 6.61. The molecule has 0 fully saturated rings. The van der Waals surface area contributed by atoms with Crippen LogP contribution in [0.1, 0.15) is 66.7 Å². The first-order chi connectivity index (χ1) is 12.9. The molecule has 0 bridgehead atoms. The largest absolute Gasteiger partial charge is 0.353 e. The van der Waals surface area contributed by atoms with Crippen molar-refractivity contribution in [1.29, 1.82) is 0 Å². The average molecular weight is 406 g/mol. The highest BCUT2D eigenvalue weighted by Crippen LogP contribution is 2.10. The molecule has 0 aromatic heterocycles. The molecule has 0 aromatic carbocycles. The minimum atomic E-state index is -0.719. The van der Waals surface area contributed by atoms with Crippen molar-refractivity contribution in [2.75, 3.05) is 39.2 Å². The first-order valence-corrected chi connectivity index (χ1v) is 11.5. The van der Waals surface area contributed by atoms with E-state index < -0.39 is 6.04 Å². The molecule has 0 radical (unpaired) electrons. The van der Waals surface area contributed by atoms with Crippen LogP contribution >= 0.6 is 11.8 Å². The molecular formula is C20H43N3O3S. The van der Waals surface area contributed by atoms with Gasteiger partial charge in [0.05, 0.1) is 0 Å². The van der Waals surface area contributed by atoms with Crippen LogP contribution in [0.25, 0.3) is 0 Å². The normalized spacial score (nSPS) is 10.5. The van der Waals surface area contributed by atoms with Crippen molar-refractivity contribution in [1.82, 2.24) is 15.5 Å². The van der Waals surface area contributed by atoms with Gasteiger partial charge in [0.15, 0.2) is 0 Å². The topological polar surface area (TPSA) is 78.5 Å². The molecule has 0 saturated heterocycles. The van der Waals surface area contributed by atoms with E-state index in [1.807, 2.05) is 27.7 Å².